The van der Waals surface area contributed by atoms with Gasteiger partial charge in [-0.15, -0.1) is 0 Å². The first-order valence-corrected chi connectivity index (χ1v) is 4.87. The second kappa shape index (κ2) is 5.04. The summed E-state index contributed by atoms with van der Waals surface area (Å²) >= 11 is 0. The van der Waals surface area contributed by atoms with Gasteiger partial charge in [-0.2, -0.15) is 0 Å². The largest absolute Gasteiger partial charge is 0.388 e. The van der Waals surface area contributed by atoms with E-state index in [4.69, 9.17) is 14.6 Å². The molecule has 0 saturated carbocycles. The third-order valence-corrected chi connectivity index (χ3v) is 2.40. The maximum Gasteiger partial charge on any atom is 0.186 e. The summed E-state index contributed by atoms with van der Waals surface area (Å²) in [7, 11) is 0. The molecule has 0 spiro atoms. The van der Waals surface area contributed by atoms with Gasteiger partial charge in [0.05, 0.1) is 12.7 Å². The van der Waals surface area contributed by atoms with Crippen molar-refractivity contribution >= 4 is 0 Å². The van der Waals surface area contributed by atoms with Crippen LogP contribution in [0.3, 0.4) is 0 Å². The van der Waals surface area contributed by atoms with Crippen molar-refractivity contribution in [3.63, 3.8) is 0 Å². The highest BCUT2D eigenvalue weighted by atomic mass is 16.7. The molecular formula is C9H18O5. The lowest BCUT2D eigenvalue weighted by molar-refractivity contribution is -0.280. The number of aliphatic hydroxyl groups excluding tert-OH is 3. The first-order valence-electron chi connectivity index (χ1n) is 4.87. The van der Waals surface area contributed by atoms with Crippen LogP contribution in [-0.4, -0.2) is 52.6 Å². The minimum atomic E-state index is -1.20. The van der Waals surface area contributed by atoms with E-state index in [1.54, 1.807) is 0 Å². The smallest absolute Gasteiger partial charge is 0.186 e. The second-order valence-corrected chi connectivity index (χ2v) is 3.61. The van der Waals surface area contributed by atoms with Gasteiger partial charge in [-0.3, -0.25) is 0 Å². The molecule has 1 saturated heterocycles. The lowest BCUT2D eigenvalue weighted by Crippen LogP contribution is -2.54. The van der Waals surface area contributed by atoms with Gasteiger partial charge in [0.1, 0.15) is 18.3 Å². The molecule has 84 valence electrons. The van der Waals surface area contributed by atoms with Crippen molar-refractivity contribution in [1.82, 2.24) is 0 Å². The van der Waals surface area contributed by atoms with Gasteiger partial charge >= 0.3 is 0 Å². The Morgan fingerprint density at radius 1 is 1.36 bits per heavy atom. The summed E-state index contributed by atoms with van der Waals surface area (Å²) in [4.78, 5) is 0. The van der Waals surface area contributed by atoms with E-state index < -0.39 is 24.6 Å². The average molecular weight is 206 g/mol. The Morgan fingerprint density at radius 2 is 2.00 bits per heavy atom. The molecule has 1 heterocycles. The van der Waals surface area contributed by atoms with E-state index >= 15 is 0 Å². The molecule has 3 N–H and O–H groups in total. The second-order valence-electron chi connectivity index (χ2n) is 3.61. The Hall–Kier alpha value is -0.200. The van der Waals surface area contributed by atoms with E-state index in [2.05, 4.69) is 0 Å². The Balaban J connectivity index is 2.46. The van der Waals surface area contributed by atoms with Gasteiger partial charge in [-0.25, -0.2) is 0 Å². The zero-order valence-electron chi connectivity index (χ0n) is 8.46. The molecule has 1 aliphatic heterocycles. The van der Waals surface area contributed by atoms with Crippen molar-refractivity contribution in [1.29, 1.82) is 0 Å². The molecular weight excluding hydrogens is 188 g/mol. The molecule has 1 aliphatic rings. The van der Waals surface area contributed by atoms with Crippen LogP contribution in [0.2, 0.25) is 0 Å². The van der Waals surface area contributed by atoms with E-state index in [1.807, 2.05) is 13.8 Å². The zero-order valence-corrected chi connectivity index (χ0v) is 8.46. The standard InChI is InChI=1S/C9H18O5/c1-3-5(2)14-9-8(12)7(11)6(10)4-13-9/h5-12H,3-4H2,1-2H3/t5?,6-,7-,8?,9+/m0/s1. The Morgan fingerprint density at radius 3 is 2.57 bits per heavy atom. The van der Waals surface area contributed by atoms with Crippen LogP contribution in [-0.2, 0) is 9.47 Å². The van der Waals surface area contributed by atoms with Gasteiger partial charge in [0.15, 0.2) is 6.29 Å². The molecule has 0 aromatic heterocycles. The van der Waals surface area contributed by atoms with Crippen molar-refractivity contribution in [3.8, 4) is 0 Å². The minimum absolute atomic E-state index is 0.0146. The molecule has 2 unspecified atom stereocenters. The first-order chi connectivity index (χ1) is 6.56. The Labute approximate surface area is 83.3 Å². The third kappa shape index (κ3) is 2.65. The van der Waals surface area contributed by atoms with Crippen LogP contribution in [0.5, 0.6) is 0 Å². The van der Waals surface area contributed by atoms with E-state index in [9.17, 15) is 10.2 Å². The van der Waals surface area contributed by atoms with Crippen molar-refractivity contribution in [2.75, 3.05) is 6.61 Å². The molecule has 0 radical (unpaired) electrons. The molecule has 5 nitrogen and oxygen atoms in total. The number of hydrogen-bond donors (Lipinski definition) is 3. The van der Waals surface area contributed by atoms with E-state index in [-0.39, 0.29) is 12.7 Å². The minimum Gasteiger partial charge on any atom is -0.388 e. The van der Waals surface area contributed by atoms with Crippen LogP contribution in [0.15, 0.2) is 0 Å². The van der Waals surface area contributed by atoms with Gasteiger partial charge in [-0.05, 0) is 13.3 Å². The summed E-state index contributed by atoms with van der Waals surface area (Å²) in [5, 5.41) is 28.0. The van der Waals surface area contributed by atoms with Gasteiger partial charge in [-0.1, -0.05) is 6.92 Å². The number of rotatable bonds is 3. The van der Waals surface area contributed by atoms with Crippen molar-refractivity contribution < 1.29 is 24.8 Å². The first kappa shape index (κ1) is 11.9. The number of hydrogen-bond acceptors (Lipinski definition) is 5. The van der Waals surface area contributed by atoms with Crippen LogP contribution >= 0.6 is 0 Å². The predicted molar refractivity (Wildman–Crippen MR) is 48.6 cm³/mol. The quantitative estimate of drug-likeness (QED) is 0.565. The van der Waals surface area contributed by atoms with Crippen molar-refractivity contribution in [3.05, 3.63) is 0 Å². The monoisotopic (exact) mass is 206 g/mol. The highest BCUT2D eigenvalue weighted by Crippen LogP contribution is 2.18. The van der Waals surface area contributed by atoms with Crippen LogP contribution < -0.4 is 0 Å². The van der Waals surface area contributed by atoms with Crippen molar-refractivity contribution in [2.24, 2.45) is 0 Å². The summed E-state index contributed by atoms with van der Waals surface area (Å²) < 4.78 is 10.4. The molecule has 14 heavy (non-hydrogen) atoms. The molecule has 0 aliphatic carbocycles. The van der Waals surface area contributed by atoms with E-state index in [1.165, 1.54) is 0 Å². The van der Waals surface area contributed by atoms with Crippen LogP contribution in [0, 0.1) is 0 Å². The predicted octanol–water partition coefficient (Wildman–Crippen LogP) is -0.760. The molecule has 0 bridgehead atoms. The van der Waals surface area contributed by atoms with E-state index in [0.717, 1.165) is 6.42 Å². The highest BCUT2D eigenvalue weighted by Gasteiger charge is 2.38. The lowest BCUT2D eigenvalue weighted by Gasteiger charge is -2.36. The van der Waals surface area contributed by atoms with E-state index in [0.29, 0.717) is 0 Å². The molecule has 0 aromatic carbocycles. The summed E-state index contributed by atoms with van der Waals surface area (Å²) in [6, 6.07) is 0. The fraction of sp³-hybridized carbons (Fsp3) is 1.00. The highest BCUT2D eigenvalue weighted by molar-refractivity contribution is 4.82. The van der Waals surface area contributed by atoms with Gasteiger partial charge < -0.3 is 24.8 Å². The molecule has 5 heteroatoms. The van der Waals surface area contributed by atoms with Crippen LogP contribution in [0.4, 0.5) is 0 Å². The molecule has 0 amide bonds. The third-order valence-electron chi connectivity index (χ3n) is 2.40. The van der Waals surface area contributed by atoms with Gasteiger partial charge in [0.25, 0.3) is 0 Å². The summed E-state index contributed by atoms with van der Waals surface area (Å²) in [6.07, 6.45) is -3.52. The van der Waals surface area contributed by atoms with Gasteiger partial charge in [0, 0.05) is 0 Å². The Kier molecular flexibility index (Phi) is 4.28. The number of aliphatic hydroxyl groups is 3. The maximum atomic E-state index is 9.49. The molecule has 5 atom stereocenters. The summed E-state index contributed by atoms with van der Waals surface area (Å²) in [6.45, 7) is 3.79. The van der Waals surface area contributed by atoms with Crippen LogP contribution in [0.1, 0.15) is 20.3 Å². The summed E-state index contributed by atoms with van der Waals surface area (Å²) in [5.74, 6) is 0. The van der Waals surface area contributed by atoms with Crippen molar-refractivity contribution in [2.45, 2.75) is 51.0 Å². The molecule has 1 fully saturated rings. The molecule has 0 aromatic rings. The average Bonchev–Trinajstić information content (AvgIpc) is 2.19. The SMILES string of the molecule is CCC(C)O[C@H]1OC[C@H](O)[C@H](O)C1O. The van der Waals surface area contributed by atoms with Gasteiger partial charge in [0.2, 0.25) is 0 Å². The molecule has 1 rings (SSSR count). The normalized spacial score (nSPS) is 40.9. The van der Waals surface area contributed by atoms with Crippen LogP contribution in [0.25, 0.3) is 0 Å². The number of ether oxygens (including phenoxy) is 2. The fourth-order valence-electron chi connectivity index (χ4n) is 1.22. The fourth-order valence-corrected chi connectivity index (χ4v) is 1.22. The summed E-state index contributed by atoms with van der Waals surface area (Å²) in [5.41, 5.74) is 0. The lowest BCUT2D eigenvalue weighted by atomic mass is 10.1. The Bertz CT molecular complexity index is 175. The topological polar surface area (TPSA) is 79.2 Å². The zero-order chi connectivity index (χ0) is 10.7. The maximum absolute atomic E-state index is 9.49.